The number of aliphatic hydroxyl groups is 1. The first kappa shape index (κ1) is 12.4. The Balaban J connectivity index is 2.07. The van der Waals surface area contributed by atoms with Gasteiger partial charge in [-0.2, -0.15) is 0 Å². The van der Waals surface area contributed by atoms with Gasteiger partial charge in [0.1, 0.15) is 0 Å². The number of nitrogens with one attached hydrogen (secondary N) is 1. The summed E-state index contributed by atoms with van der Waals surface area (Å²) in [6.07, 6.45) is 0. The van der Waals surface area contributed by atoms with Gasteiger partial charge in [-0.15, -0.1) is 0 Å². The van der Waals surface area contributed by atoms with Crippen LogP contribution in [0.3, 0.4) is 0 Å². The topological polar surface area (TPSA) is 41.5 Å². The molecule has 0 saturated carbocycles. The quantitative estimate of drug-likeness (QED) is 0.839. The maximum absolute atomic E-state index is 9.36. The molecule has 3 heteroatoms. The molecule has 2 rings (SSSR count). The van der Waals surface area contributed by atoms with E-state index in [4.69, 9.17) is 4.74 Å². The molecule has 0 amide bonds. The van der Waals surface area contributed by atoms with E-state index in [1.54, 1.807) is 0 Å². The Hall–Kier alpha value is -1.06. The summed E-state index contributed by atoms with van der Waals surface area (Å²) in [4.78, 5) is 0. The lowest BCUT2D eigenvalue weighted by molar-refractivity contribution is -0.128. The Kier molecular flexibility index (Phi) is 3.40. The third-order valence-electron chi connectivity index (χ3n) is 3.86. The summed E-state index contributed by atoms with van der Waals surface area (Å²) in [5, 5.41) is 12.8. The number of ether oxygens (including phenoxy) is 1. The fraction of sp³-hybridized carbons (Fsp3) is 0.571. The second kappa shape index (κ2) is 4.67. The van der Waals surface area contributed by atoms with Crippen LogP contribution >= 0.6 is 0 Å². The lowest BCUT2D eigenvalue weighted by Gasteiger charge is -2.40. The zero-order chi connectivity index (χ0) is 12.5. The minimum absolute atomic E-state index is 0.0781. The minimum Gasteiger partial charge on any atom is -0.396 e. The average molecular weight is 235 g/mol. The van der Waals surface area contributed by atoms with Crippen molar-refractivity contribution >= 4 is 5.69 Å². The van der Waals surface area contributed by atoms with E-state index in [9.17, 15) is 5.11 Å². The summed E-state index contributed by atoms with van der Waals surface area (Å²) >= 11 is 0. The summed E-state index contributed by atoms with van der Waals surface area (Å²) in [6.45, 7) is 8.66. The van der Waals surface area contributed by atoms with Crippen molar-refractivity contribution in [2.75, 3.05) is 31.7 Å². The van der Waals surface area contributed by atoms with E-state index < -0.39 is 0 Å². The van der Waals surface area contributed by atoms with Crippen LogP contribution in [0.15, 0.2) is 12.1 Å². The van der Waals surface area contributed by atoms with Crippen molar-refractivity contribution in [1.29, 1.82) is 0 Å². The molecule has 0 radical (unpaired) electrons. The van der Waals surface area contributed by atoms with Crippen molar-refractivity contribution in [2.45, 2.75) is 20.8 Å². The third-order valence-corrected chi connectivity index (χ3v) is 3.86. The first-order chi connectivity index (χ1) is 8.08. The van der Waals surface area contributed by atoms with Gasteiger partial charge in [0.15, 0.2) is 0 Å². The molecule has 1 aliphatic rings. The zero-order valence-electron chi connectivity index (χ0n) is 10.8. The molecule has 0 spiro atoms. The SMILES string of the molecule is Cc1ccc(NCC2(CO)COC2)c(C)c1C. The number of rotatable bonds is 4. The molecule has 0 aliphatic carbocycles. The molecule has 1 fully saturated rings. The predicted octanol–water partition coefficient (Wildman–Crippen LogP) is 2.03. The summed E-state index contributed by atoms with van der Waals surface area (Å²) in [5.41, 5.74) is 5.02. The van der Waals surface area contributed by atoms with E-state index in [2.05, 4.69) is 38.2 Å². The fourth-order valence-corrected chi connectivity index (χ4v) is 2.07. The van der Waals surface area contributed by atoms with E-state index in [1.807, 2.05) is 0 Å². The molecule has 94 valence electrons. The van der Waals surface area contributed by atoms with Crippen LogP contribution in [-0.4, -0.2) is 31.5 Å². The van der Waals surface area contributed by atoms with Crippen LogP contribution in [0.2, 0.25) is 0 Å². The van der Waals surface area contributed by atoms with Crippen molar-refractivity contribution in [2.24, 2.45) is 5.41 Å². The number of aliphatic hydroxyl groups excluding tert-OH is 1. The average Bonchev–Trinajstić information content (AvgIpc) is 2.28. The van der Waals surface area contributed by atoms with E-state index in [1.165, 1.54) is 16.7 Å². The third kappa shape index (κ3) is 2.31. The van der Waals surface area contributed by atoms with Crippen molar-refractivity contribution in [3.8, 4) is 0 Å². The van der Waals surface area contributed by atoms with Gasteiger partial charge in [-0.25, -0.2) is 0 Å². The van der Waals surface area contributed by atoms with Crippen LogP contribution in [0, 0.1) is 26.2 Å². The molecule has 1 aromatic carbocycles. The van der Waals surface area contributed by atoms with Gasteiger partial charge in [0.25, 0.3) is 0 Å². The largest absolute Gasteiger partial charge is 0.396 e. The summed E-state index contributed by atoms with van der Waals surface area (Å²) in [7, 11) is 0. The van der Waals surface area contributed by atoms with Crippen molar-refractivity contribution in [3.05, 3.63) is 28.8 Å². The van der Waals surface area contributed by atoms with Crippen molar-refractivity contribution in [1.82, 2.24) is 0 Å². The molecule has 1 aromatic rings. The Morgan fingerprint density at radius 1 is 1.24 bits per heavy atom. The van der Waals surface area contributed by atoms with Crippen LogP contribution in [-0.2, 0) is 4.74 Å². The van der Waals surface area contributed by atoms with Gasteiger partial charge in [-0.3, -0.25) is 0 Å². The number of anilines is 1. The van der Waals surface area contributed by atoms with Crippen LogP contribution in [0.5, 0.6) is 0 Å². The molecular formula is C14H21NO2. The van der Waals surface area contributed by atoms with Gasteiger partial charge >= 0.3 is 0 Å². The lowest BCUT2D eigenvalue weighted by Crippen LogP contribution is -2.50. The highest BCUT2D eigenvalue weighted by atomic mass is 16.5. The molecule has 1 saturated heterocycles. The van der Waals surface area contributed by atoms with Crippen molar-refractivity contribution in [3.63, 3.8) is 0 Å². The highest BCUT2D eigenvalue weighted by molar-refractivity contribution is 5.56. The molecule has 17 heavy (non-hydrogen) atoms. The Bertz CT molecular complexity index is 405. The molecule has 1 heterocycles. The van der Waals surface area contributed by atoms with E-state index in [-0.39, 0.29) is 12.0 Å². The van der Waals surface area contributed by atoms with E-state index in [0.717, 1.165) is 12.2 Å². The van der Waals surface area contributed by atoms with Gasteiger partial charge in [0.05, 0.1) is 25.2 Å². The Morgan fingerprint density at radius 3 is 2.47 bits per heavy atom. The smallest absolute Gasteiger partial charge is 0.0584 e. The normalized spacial score (nSPS) is 17.6. The summed E-state index contributed by atoms with van der Waals surface area (Å²) in [6, 6.07) is 4.25. The monoisotopic (exact) mass is 235 g/mol. The fourth-order valence-electron chi connectivity index (χ4n) is 2.07. The van der Waals surface area contributed by atoms with Crippen molar-refractivity contribution < 1.29 is 9.84 Å². The van der Waals surface area contributed by atoms with E-state index in [0.29, 0.717) is 13.2 Å². The maximum atomic E-state index is 9.36. The van der Waals surface area contributed by atoms with Crippen LogP contribution < -0.4 is 5.32 Å². The maximum Gasteiger partial charge on any atom is 0.0584 e. The number of hydrogen-bond donors (Lipinski definition) is 2. The predicted molar refractivity (Wildman–Crippen MR) is 69.5 cm³/mol. The van der Waals surface area contributed by atoms with Crippen LogP contribution in [0.25, 0.3) is 0 Å². The lowest BCUT2D eigenvalue weighted by atomic mass is 9.87. The van der Waals surface area contributed by atoms with Crippen LogP contribution in [0.4, 0.5) is 5.69 Å². The van der Waals surface area contributed by atoms with Gasteiger partial charge in [0.2, 0.25) is 0 Å². The first-order valence-corrected chi connectivity index (χ1v) is 6.07. The highest BCUT2D eigenvalue weighted by Crippen LogP contribution is 2.28. The standard InChI is InChI=1S/C14H21NO2/c1-10-4-5-13(12(3)11(10)2)15-6-14(7-16)8-17-9-14/h4-5,15-16H,6-9H2,1-3H3. The minimum atomic E-state index is -0.0781. The summed E-state index contributed by atoms with van der Waals surface area (Å²) < 4.78 is 5.19. The molecule has 0 bridgehead atoms. The molecule has 0 unspecified atom stereocenters. The molecule has 2 N–H and O–H groups in total. The zero-order valence-corrected chi connectivity index (χ0v) is 10.8. The molecule has 0 atom stereocenters. The van der Waals surface area contributed by atoms with Gasteiger partial charge in [-0.1, -0.05) is 6.07 Å². The van der Waals surface area contributed by atoms with E-state index >= 15 is 0 Å². The Labute approximate surface area is 103 Å². The number of benzene rings is 1. The van der Waals surface area contributed by atoms with Gasteiger partial charge in [-0.05, 0) is 43.5 Å². The second-order valence-corrected chi connectivity index (χ2v) is 5.18. The number of aryl methyl sites for hydroxylation is 1. The second-order valence-electron chi connectivity index (χ2n) is 5.18. The summed E-state index contributed by atoms with van der Waals surface area (Å²) in [5.74, 6) is 0. The number of hydrogen-bond acceptors (Lipinski definition) is 3. The molecule has 1 aliphatic heterocycles. The highest BCUT2D eigenvalue weighted by Gasteiger charge is 2.37. The van der Waals surface area contributed by atoms with Gasteiger partial charge in [0, 0.05) is 12.2 Å². The molecular weight excluding hydrogens is 214 g/mol. The van der Waals surface area contributed by atoms with Crippen LogP contribution in [0.1, 0.15) is 16.7 Å². The molecule has 0 aromatic heterocycles. The first-order valence-electron chi connectivity index (χ1n) is 6.07. The Morgan fingerprint density at radius 2 is 1.94 bits per heavy atom. The molecule has 3 nitrogen and oxygen atoms in total. The van der Waals surface area contributed by atoms with Gasteiger partial charge < -0.3 is 15.2 Å².